The second-order valence-corrected chi connectivity index (χ2v) is 4.56. The van der Waals surface area contributed by atoms with Crippen LogP contribution in [0.2, 0.25) is 0 Å². The molecule has 0 aliphatic rings. The summed E-state index contributed by atoms with van der Waals surface area (Å²) in [6, 6.07) is 0. The van der Waals surface area contributed by atoms with Crippen molar-refractivity contribution in [2.75, 3.05) is 18.5 Å². The molecule has 0 saturated carbocycles. The first-order chi connectivity index (χ1) is 9.52. The van der Waals surface area contributed by atoms with Crippen molar-refractivity contribution in [2.45, 2.75) is 19.9 Å². The van der Waals surface area contributed by atoms with E-state index in [4.69, 9.17) is 5.11 Å². The van der Waals surface area contributed by atoms with Crippen LogP contribution >= 0.6 is 0 Å². The van der Waals surface area contributed by atoms with Crippen molar-refractivity contribution in [2.24, 2.45) is 14.1 Å². The van der Waals surface area contributed by atoms with Crippen molar-refractivity contribution < 1.29 is 5.11 Å². The largest absolute Gasteiger partial charge is 0.396 e. The van der Waals surface area contributed by atoms with Gasteiger partial charge in [0, 0.05) is 33.8 Å². The molecule has 0 saturated heterocycles. The normalized spacial score (nSPS) is 11.2. The van der Waals surface area contributed by atoms with Crippen molar-refractivity contribution in [1.29, 1.82) is 0 Å². The zero-order chi connectivity index (χ0) is 14.9. The number of aromatic nitrogens is 4. The number of imidazole rings is 1. The van der Waals surface area contributed by atoms with Gasteiger partial charge in [0.15, 0.2) is 11.2 Å². The van der Waals surface area contributed by atoms with E-state index >= 15 is 0 Å². The standard InChI is InChI=1S/C12H19N5O3/c1-4-17-9-8(10(19)16(3)12(17)20)15(2)11(14-9)13-6-5-7-18/h18H,4-7H2,1-3H3,(H,13,14). The van der Waals surface area contributed by atoms with Gasteiger partial charge in [0.2, 0.25) is 5.95 Å². The van der Waals surface area contributed by atoms with Crippen molar-refractivity contribution >= 4 is 17.1 Å². The third-order valence-corrected chi connectivity index (χ3v) is 3.29. The zero-order valence-corrected chi connectivity index (χ0v) is 11.9. The van der Waals surface area contributed by atoms with E-state index in [-0.39, 0.29) is 17.9 Å². The molecule has 0 radical (unpaired) electrons. The number of hydrogen-bond donors (Lipinski definition) is 2. The van der Waals surface area contributed by atoms with Gasteiger partial charge in [0.1, 0.15) is 0 Å². The molecule has 0 aromatic carbocycles. The van der Waals surface area contributed by atoms with E-state index in [9.17, 15) is 9.59 Å². The Hall–Kier alpha value is -2.09. The molecule has 8 heteroatoms. The molecule has 0 aliphatic carbocycles. The Labute approximate surface area is 115 Å². The maximum Gasteiger partial charge on any atom is 0.332 e. The topological polar surface area (TPSA) is 94.1 Å². The summed E-state index contributed by atoms with van der Waals surface area (Å²) in [5, 5.41) is 11.8. The Morgan fingerprint density at radius 3 is 2.55 bits per heavy atom. The fourth-order valence-electron chi connectivity index (χ4n) is 2.15. The molecule has 110 valence electrons. The molecular formula is C12H19N5O3. The van der Waals surface area contributed by atoms with E-state index < -0.39 is 0 Å². The Morgan fingerprint density at radius 2 is 1.95 bits per heavy atom. The number of aliphatic hydroxyl groups excluding tert-OH is 1. The summed E-state index contributed by atoms with van der Waals surface area (Å²) in [6.45, 7) is 2.90. The van der Waals surface area contributed by atoms with E-state index in [1.807, 2.05) is 6.92 Å². The molecule has 2 aromatic heterocycles. The van der Waals surface area contributed by atoms with Crippen LogP contribution in [0.4, 0.5) is 5.95 Å². The summed E-state index contributed by atoms with van der Waals surface area (Å²) in [4.78, 5) is 28.6. The number of fused-ring (bicyclic) bond motifs is 1. The summed E-state index contributed by atoms with van der Waals surface area (Å²) in [5.74, 6) is 0.512. The molecule has 0 spiro atoms. The predicted octanol–water partition coefficient (Wildman–Crippen LogP) is -0.752. The number of hydrogen-bond acceptors (Lipinski definition) is 5. The monoisotopic (exact) mass is 281 g/mol. The van der Waals surface area contributed by atoms with E-state index in [1.54, 1.807) is 11.6 Å². The first-order valence-electron chi connectivity index (χ1n) is 6.53. The molecule has 2 rings (SSSR count). The van der Waals surface area contributed by atoms with Gasteiger partial charge in [-0.15, -0.1) is 0 Å². The lowest BCUT2D eigenvalue weighted by Crippen LogP contribution is -2.38. The minimum Gasteiger partial charge on any atom is -0.396 e. The van der Waals surface area contributed by atoms with Gasteiger partial charge < -0.3 is 15.0 Å². The Kier molecular flexibility index (Phi) is 3.93. The second kappa shape index (κ2) is 5.49. The highest BCUT2D eigenvalue weighted by Gasteiger charge is 2.17. The third kappa shape index (κ3) is 2.11. The maximum atomic E-state index is 12.2. The van der Waals surface area contributed by atoms with Gasteiger partial charge in [-0.05, 0) is 13.3 Å². The minimum atomic E-state index is -0.370. The van der Waals surface area contributed by atoms with Gasteiger partial charge in [-0.3, -0.25) is 13.9 Å². The second-order valence-electron chi connectivity index (χ2n) is 4.56. The average Bonchev–Trinajstić information content (AvgIpc) is 2.75. The first-order valence-corrected chi connectivity index (χ1v) is 6.53. The van der Waals surface area contributed by atoms with Gasteiger partial charge in [-0.1, -0.05) is 0 Å². The summed E-state index contributed by atoms with van der Waals surface area (Å²) >= 11 is 0. The Balaban J connectivity index is 2.67. The zero-order valence-electron chi connectivity index (χ0n) is 11.9. The molecule has 0 atom stereocenters. The molecule has 0 amide bonds. The molecule has 2 heterocycles. The van der Waals surface area contributed by atoms with Crippen molar-refractivity contribution in [1.82, 2.24) is 18.7 Å². The van der Waals surface area contributed by atoms with Crippen LogP contribution in [-0.2, 0) is 20.6 Å². The third-order valence-electron chi connectivity index (χ3n) is 3.29. The highest BCUT2D eigenvalue weighted by molar-refractivity contribution is 5.74. The van der Waals surface area contributed by atoms with Crippen LogP contribution in [0.15, 0.2) is 9.59 Å². The molecule has 0 aliphatic heterocycles. The van der Waals surface area contributed by atoms with Crippen LogP contribution in [0.1, 0.15) is 13.3 Å². The lowest BCUT2D eigenvalue weighted by Gasteiger charge is -2.06. The Morgan fingerprint density at radius 1 is 1.25 bits per heavy atom. The highest BCUT2D eigenvalue weighted by Crippen LogP contribution is 2.13. The van der Waals surface area contributed by atoms with Crippen molar-refractivity contribution in [3.05, 3.63) is 20.8 Å². The Bertz CT molecular complexity index is 740. The quantitative estimate of drug-likeness (QED) is 0.703. The number of anilines is 1. The molecule has 8 nitrogen and oxygen atoms in total. The van der Waals surface area contributed by atoms with Crippen molar-refractivity contribution in [3.63, 3.8) is 0 Å². The molecule has 20 heavy (non-hydrogen) atoms. The predicted molar refractivity (Wildman–Crippen MR) is 76.1 cm³/mol. The number of rotatable bonds is 5. The number of nitrogens with one attached hydrogen (secondary N) is 1. The highest BCUT2D eigenvalue weighted by atomic mass is 16.3. The lowest BCUT2D eigenvalue weighted by molar-refractivity contribution is 0.292. The van der Waals surface area contributed by atoms with Gasteiger partial charge in [0.05, 0.1) is 0 Å². The van der Waals surface area contributed by atoms with Gasteiger partial charge in [-0.25, -0.2) is 4.79 Å². The van der Waals surface area contributed by atoms with E-state index in [1.165, 1.54) is 11.6 Å². The number of aryl methyl sites for hydroxylation is 2. The lowest BCUT2D eigenvalue weighted by atomic mass is 10.4. The van der Waals surface area contributed by atoms with Crippen LogP contribution in [0, 0.1) is 0 Å². The number of nitrogens with zero attached hydrogens (tertiary/aromatic N) is 4. The van der Waals surface area contributed by atoms with Gasteiger partial charge in [0.25, 0.3) is 5.56 Å². The summed E-state index contributed by atoms with van der Waals surface area (Å²) in [6.07, 6.45) is 0.585. The van der Waals surface area contributed by atoms with Crippen molar-refractivity contribution in [3.8, 4) is 0 Å². The van der Waals surface area contributed by atoms with Crippen LogP contribution in [-0.4, -0.2) is 36.9 Å². The summed E-state index contributed by atoms with van der Waals surface area (Å²) < 4.78 is 4.19. The number of aliphatic hydroxyl groups is 1. The minimum absolute atomic E-state index is 0.0817. The SMILES string of the molecule is CCn1c(=O)n(C)c(=O)c2c1nc(NCCCO)n2C. The van der Waals surface area contributed by atoms with E-state index in [0.717, 1.165) is 4.57 Å². The van der Waals surface area contributed by atoms with E-state index in [0.29, 0.717) is 36.6 Å². The molecule has 0 fully saturated rings. The van der Waals surface area contributed by atoms with Crippen LogP contribution in [0.5, 0.6) is 0 Å². The fraction of sp³-hybridized carbons (Fsp3) is 0.583. The van der Waals surface area contributed by atoms with Crippen LogP contribution < -0.4 is 16.6 Å². The summed E-state index contributed by atoms with van der Waals surface area (Å²) in [5.41, 5.74) is 0.0416. The first kappa shape index (κ1) is 14.3. The molecule has 2 N–H and O–H groups in total. The average molecular weight is 281 g/mol. The smallest absolute Gasteiger partial charge is 0.332 e. The van der Waals surface area contributed by atoms with Crippen LogP contribution in [0.25, 0.3) is 11.2 Å². The summed E-state index contributed by atoms with van der Waals surface area (Å²) in [7, 11) is 3.19. The fourth-order valence-corrected chi connectivity index (χ4v) is 2.15. The molecule has 2 aromatic rings. The molecule has 0 bridgehead atoms. The maximum absolute atomic E-state index is 12.2. The van der Waals surface area contributed by atoms with Gasteiger partial charge >= 0.3 is 5.69 Å². The van der Waals surface area contributed by atoms with E-state index in [2.05, 4.69) is 10.3 Å². The van der Waals surface area contributed by atoms with Gasteiger partial charge in [-0.2, -0.15) is 4.98 Å². The molecule has 0 unspecified atom stereocenters. The van der Waals surface area contributed by atoms with Crippen LogP contribution in [0.3, 0.4) is 0 Å². The molecular weight excluding hydrogens is 262 g/mol.